The van der Waals surface area contributed by atoms with Crippen LogP contribution in [0.1, 0.15) is 53.0 Å². The van der Waals surface area contributed by atoms with Gasteiger partial charge in [-0.1, -0.05) is 43.3 Å². The minimum Gasteiger partial charge on any atom is -0.366 e. The van der Waals surface area contributed by atoms with Gasteiger partial charge in [0.15, 0.2) is 5.82 Å². The Morgan fingerprint density at radius 1 is 1.15 bits per heavy atom. The Labute approximate surface area is 158 Å². The zero-order valence-corrected chi connectivity index (χ0v) is 15.7. The van der Waals surface area contributed by atoms with Crippen LogP contribution in [0.4, 0.5) is 5.82 Å². The van der Waals surface area contributed by atoms with Crippen LogP contribution < -0.4 is 10.6 Å². The summed E-state index contributed by atoms with van der Waals surface area (Å²) in [6.45, 7) is 6.90. The topological polar surface area (TPSA) is 92.9 Å². The molecule has 1 aromatic carbocycles. The van der Waals surface area contributed by atoms with Crippen molar-refractivity contribution in [2.24, 2.45) is 0 Å². The van der Waals surface area contributed by atoms with E-state index in [1.807, 2.05) is 26.0 Å². The number of pyridine rings is 1. The standard InChI is InChI=1S/C20H23N5O2/c1-13(2)20-24-18(25-27-20)12-23-19(26)16-8-9-17(22-11-16)21-10-15-7-5-4-6-14(15)3/h4-9,11,13H,10,12H2,1-3H3,(H,21,22)(H,23,26). The van der Waals surface area contributed by atoms with E-state index in [0.29, 0.717) is 23.8 Å². The maximum Gasteiger partial charge on any atom is 0.253 e. The predicted molar refractivity (Wildman–Crippen MR) is 102 cm³/mol. The lowest BCUT2D eigenvalue weighted by Crippen LogP contribution is -2.23. The molecule has 3 aromatic rings. The van der Waals surface area contributed by atoms with Crippen molar-refractivity contribution >= 4 is 11.7 Å². The van der Waals surface area contributed by atoms with Crippen molar-refractivity contribution in [2.75, 3.05) is 5.32 Å². The molecule has 27 heavy (non-hydrogen) atoms. The van der Waals surface area contributed by atoms with Crippen LogP contribution in [0.2, 0.25) is 0 Å². The molecule has 0 bridgehead atoms. The van der Waals surface area contributed by atoms with E-state index in [9.17, 15) is 4.79 Å². The first-order chi connectivity index (χ1) is 13.0. The summed E-state index contributed by atoms with van der Waals surface area (Å²) in [5.74, 6) is 1.66. The number of amides is 1. The first-order valence-electron chi connectivity index (χ1n) is 8.88. The Kier molecular flexibility index (Phi) is 5.80. The van der Waals surface area contributed by atoms with Crippen LogP contribution in [0.15, 0.2) is 47.1 Å². The summed E-state index contributed by atoms with van der Waals surface area (Å²) in [5.41, 5.74) is 2.91. The van der Waals surface area contributed by atoms with E-state index in [2.05, 4.69) is 44.8 Å². The molecule has 0 unspecified atom stereocenters. The van der Waals surface area contributed by atoms with E-state index in [1.165, 1.54) is 11.1 Å². The lowest BCUT2D eigenvalue weighted by Gasteiger charge is -2.09. The van der Waals surface area contributed by atoms with E-state index >= 15 is 0 Å². The summed E-state index contributed by atoms with van der Waals surface area (Å²) in [7, 11) is 0. The number of nitrogens with zero attached hydrogens (tertiary/aromatic N) is 3. The Hall–Kier alpha value is -3.22. The summed E-state index contributed by atoms with van der Waals surface area (Å²) in [4.78, 5) is 20.8. The minimum absolute atomic E-state index is 0.158. The monoisotopic (exact) mass is 365 g/mol. The van der Waals surface area contributed by atoms with E-state index in [1.54, 1.807) is 18.3 Å². The smallest absolute Gasteiger partial charge is 0.253 e. The van der Waals surface area contributed by atoms with Crippen LogP contribution in [-0.4, -0.2) is 21.0 Å². The molecule has 0 atom stereocenters. The van der Waals surface area contributed by atoms with E-state index < -0.39 is 0 Å². The van der Waals surface area contributed by atoms with Crippen molar-refractivity contribution in [3.8, 4) is 0 Å². The number of benzene rings is 1. The molecule has 140 valence electrons. The summed E-state index contributed by atoms with van der Waals surface area (Å²) in [6.07, 6.45) is 1.55. The summed E-state index contributed by atoms with van der Waals surface area (Å²) < 4.78 is 5.12. The van der Waals surface area contributed by atoms with Gasteiger partial charge in [0.25, 0.3) is 5.91 Å². The van der Waals surface area contributed by atoms with Crippen molar-refractivity contribution in [1.29, 1.82) is 0 Å². The minimum atomic E-state index is -0.233. The van der Waals surface area contributed by atoms with Crippen LogP contribution in [-0.2, 0) is 13.1 Å². The maximum atomic E-state index is 12.2. The molecule has 0 saturated carbocycles. The molecular formula is C20H23N5O2. The average molecular weight is 365 g/mol. The second-order valence-corrected chi connectivity index (χ2v) is 6.60. The van der Waals surface area contributed by atoms with Gasteiger partial charge in [0.2, 0.25) is 5.89 Å². The molecule has 0 saturated heterocycles. The highest BCUT2D eigenvalue weighted by Crippen LogP contribution is 2.12. The molecule has 2 heterocycles. The van der Waals surface area contributed by atoms with Crippen molar-refractivity contribution in [3.63, 3.8) is 0 Å². The fraction of sp³-hybridized carbons (Fsp3) is 0.300. The lowest BCUT2D eigenvalue weighted by molar-refractivity contribution is 0.0949. The third kappa shape index (κ3) is 4.91. The number of anilines is 1. The van der Waals surface area contributed by atoms with Crippen LogP contribution in [0, 0.1) is 6.92 Å². The van der Waals surface area contributed by atoms with Gasteiger partial charge >= 0.3 is 0 Å². The zero-order chi connectivity index (χ0) is 19.2. The predicted octanol–water partition coefficient (Wildman–Crippen LogP) is 3.44. The number of nitrogens with one attached hydrogen (secondary N) is 2. The third-order valence-corrected chi connectivity index (χ3v) is 4.13. The van der Waals surface area contributed by atoms with E-state index in [0.717, 1.165) is 5.82 Å². The fourth-order valence-electron chi connectivity index (χ4n) is 2.46. The number of carbonyl (C=O) groups excluding carboxylic acids is 1. The molecule has 0 fully saturated rings. The lowest BCUT2D eigenvalue weighted by atomic mass is 10.1. The summed E-state index contributed by atoms with van der Waals surface area (Å²) >= 11 is 0. The number of rotatable bonds is 7. The number of aryl methyl sites for hydroxylation is 1. The van der Waals surface area contributed by atoms with Crippen molar-refractivity contribution in [1.82, 2.24) is 20.4 Å². The van der Waals surface area contributed by atoms with Gasteiger partial charge in [-0.2, -0.15) is 4.98 Å². The quantitative estimate of drug-likeness (QED) is 0.666. The molecule has 0 aliphatic rings. The van der Waals surface area contributed by atoms with Gasteiger partial charge in [0.1, 0.15) is 5.82 Å². The van der Waals surface area contributed by atoms with Gasteiger partial charge in [0, 0.05) is 18.7 Å². The van der Waals surface area contributed by atoms with E-state index in [-0.39, 0.29) is 18.4 Å². The van der Waals surface area contributed by atoms with Gasteiger partial charge in [-0.05, 0) is 30.2 Å². The Morgan fingerprint density at radius 2 is 1.96 bits per heavy atom. The van der Waals surface area contributed by atoms with Crippen LogP contribution in [0.3, 0.4) is 0 Å². The molecule has 3 rings (SSSR count). The number of aromatic nitrogens is 3. The first kappa shape index (κ1) is 18.6. The number of hydrogen-bond acceptors (Lipinski definition) is 6. The van der Waals surface area contributed by atoms with Gasteiger partial charge in [-0.15, -0.1) is 0 Å². The molecule has 2 aromatic heterocycles. The summed E-state index contributed by atoms with van der Waals surface area (Å²) in [5, 5.41) is 9.88. The largest absolute Gasteiger partial charge is 0.366 e. The molecule has 0 spiro atoms. The molecule has 7 heteroatoms. The fourth-order valence-corrected chi connectivity index (χ4v) is 2.46. The Bertz CT molecular complexity index is 903. The van der Waals surface area contributed by atoms with Crippen LogP contribution in [0.5, 0.6) is 0 Å². The highest BCUT2D eigenvalue weighted by molar-refractivity contribution is 5.93. The maximum absolute atomic E-state index is 12.2. The molecule has 2 N–H and O–H groups in total. The van der Waals surface area contributed by atoms with E-state index in [4.69, 9.17) is 4.52 Å². The molecule has 1 amide bonds. The third-order valence-electron chi connectivity index (χ3n) is 4.13. The van der Waals surface area contributed by atoms with Crippen molar-refractivity contribution in [2.45, 2.75) is 39.8 Å². The number of carbonyl (C=O) groups is 1. The molecule has 0 aliphatic carbocycles. The van der Waals surface area contributed by atoms with Crippen molar-refractivity contribution < 1.29 is 9.32 Å². The highest BCUT2D eigenvalue weighted by Gasteiger charge is 2.12. The molecule has 0 aliphatic heterocycles. The second-order valence-electron chi connectivity index (χ2n) is 6.60. The Balaban J connectivity index is 1.53. The average Bonchev–Trinajstić information content (AvgIpc) is 3.15. The van der Waals surface area contributed by atoms with Crippen molar-refractivity contribution in [3.05, 3.63) is 71.0 Å². The van der Waals surface area contributed by atoms with Gasteiger partial charge in [-0.3, -0.25) is 4.79 Å². The first-order valence-corrected chi connectivity index (χ1v) is 8.88. The molecule has 0 radical (unpaired) electrons. The normalized spacial score (nSPS) is 10.8. The van der Waals surface area contributed by atoms with Gasteiger partial charge in [0.05, 0.1) is 12.1 Å². The van der Waals surface area contributed by atoms with Crippen LogP contribution in [0.25, 0.3) is 0 Å². The van der Waals surface area contributed by atoms with Crippen LogP contribution >= 0.6 is 0 Å². The SMILES string of the molecule is Cc1ccccc1CNc1ccc(C(=O)NCc2noc(C(C)C)n2)cn1. The number of hydrogen-bond donors (Lipinski definition) is 2. The molecular weight excluding hydrogens is 342 g/mol. The summed E-state index contributed by atoms with van der Waals surface area (Å²) in [6, 6.07) is 11.7. The van der Waals surface area contributed by atoms with Gasteiger partial charge < -0.3 is 15.2 Å². The highest BCUT2D eigenvalue weighted by atomic mass is 16.5. The zero-order valence-electron chi connectivity index (χ0n) is 15.7. The van der Waals surface area contributed by atoms with Gasteiger partial charge in [-0.25, -0.2) is 4.98 Å². The Morgan fingerprint density at radius 3 is 2.63 bits per heavy atom. The second kappa shape index (κ2) is 8.44. The molecule has 7 nitrogen and oxygen atoms in total.